The van der Waals surface area contributed by atoms with Crippen molar-refractivity contribution >= 4 is 11.6 Å². The van der Waals surface area contributed by atoms with Crippen LogP contribution in [0.2, 0.25) is 0 Å². The smallest absolute Gasteiger partial charge is 0.311 e. The molecule has 0 heterocycles. The highest BCUT2D eigenvalue weighted by atomic mass is 16.6. The molecule has 6 nitrogen and oxygen atoms in total. The van der Waals surface area contributed by atoms with Crippen LogP contribution in [-0.4, -0.2) is 17.4 Å². The van der Waals surface area contributed by atoms with Crippen LogP contribution in [0.15, 0.2) is 78.9 Å². The van der Waals surface area contributed by atoms with Gasteiger partial charge in [-0.3, -0.25) is 14.9 Å². The number of hydrogen-bond donors (Lipinski definition) is 1. The molecule has 0 aliphatic heterocycles. The molecule has 3 aromatic carbocycles. The third kappa shape index (κ3) is 4.35. The molecule has 142 valence electrons. The van der Waals surface area contributed by atoms with Crippen molar-refractivity contribution in [2.45, 2.75) is 13.0 Å². The average Bonchev–Trinajstić information content (AvgIpc) is 2.73. The van der Waals surface area contributed by atoms with Crippen LogP contribution in [0.4, 0.5) is 5.69 Å². The van der Waals surface area contributed by atoms with E-state index in [1.807, 2.05) is 60.7 Å². The molecule has 0 unspecified atom stereocenters. The summed E-state index contributed by atoms with van der Waals surface area (Å²) in [5.41, 5.74) is 1.81. The number of hydrogen-bond acceptors (Lipinski definition) is 4. The first-order valence-corrected chi connectivity index (χ1v) is 8.92. The van der Waals surface area contributed by atoms with Crippen LogP contribution < -0.4 is 10.1 Å². The monoisotopic (exact) mass is 376 g/mol. The lowest BCUT2D eigenvalue weighted by molar-refractivity contribution is -0.385. The highest BCUT2D eigenvalue weighted by Gasteiger charge is 2.21. The van der Waals surface area contributed by atoms with Gasteiger partial charge in [-0.15, -0.1) is 0 Å². The van der Waals surface area contributed by atoms with Crippen molar-refractivity contribution in [3.05, 3.63) is 106 Å². The van der Waals surface area contributed by atoms with Gasteiger partial charge >= 0.3 is 5.69 Å². The molecule has 3 rings (SSSR count). The normalized spacial score (nSPS) is 10.5. The number of nitrogens with one attached hydrogen (secondary N) is 1. The van der Waals surface area contributed by atoms with Crippen LogP contribution in [0.25, 0.3) is 0 Å². The molecule has 0 saturated heterocycles. The van der Waals surface area contributed by atoms with Gasteiger partial charge in [0.05, 0.1) is 17.6 Å². The number of nitrogens with zero attached hydrogens (tertiary/aromatic N) is 1. The van der Waals surface area contributed by atoms with Crippen molar-refractivity contribution in [2.24, 2.45) is 0 Å². The summed E-state index contributed by atoms with van der Waals surface area (Å²) in [6.45, 7) is 2.05. The predicted octanol–water partition coefficient (Wildman–Crippen LogP) is 4.51. The van der Waals surface area contributed by atoms with Gasteiger partial charge < -0.3 is 10.1 Å². The number of amides is 1. The molecule has 1 amide bonds. The molecule has 0 radical (unpaired) electrons. The van der Waals surface area contributed by atoms with Crippen LogP contribution in [0.3, 0.4) is 0 Å². The minimum absolute atomic E-state index is 0.145. The van der Waals surface area contributed by atoms with E-state index < -0.39 is 10.8 Å². The lowest BCUT2D eigenvalue weighted by Gasteiger charge is -2.20. The Morgan fingerprint density at radius 3 is 2.07 bits per heavy atom. The van der Waals surface area contributed by atoms with E-state index in [2.05, 4.69) is 5.32 Å². The number of carbonyl (C=O) groups is 1. The molecule has 0 aliphatic carbocycles. The van der Waals surface area contributed by atoms with Crippen LogP contribution in [0, 0.1) is 10.1 Å². The number of nitro groups is 1. The standard InChI is InChI=1S/C22H20N2O4/c1-2-28-20-14-13-18(15-19(20)24(26)27)22(25)23-21(16-9-5-3-6-10-16)17-11-7-4-8-12-17/h3-15,21H,2H2,1H3,(H,23,25). The third-order valence-electron chi connectivity index (χ3n) is 4.26. The molecule has 0 saturated carbocycles. The fourth-order valence-electron chi connectivity index (χ4n) is 2.94. The summed E-state index contributed by atoms with van der Waals surface area (Å²) >= 11 is 0. The van der Waals surface area contributed by atoms with Crippen molar-refractivity contribution in [3.63, 3.8) is 0 Å². The zero-order valence-electron chi connectivity index (χ0n) is 15.4. The van der Waals surface area contributed by atoms with Gasteiger partial charge in [0.2, 0.25) is 0 Å². The molecule has 0 atom stereocenters. The summed E-state index contributed by atoms with van der Waals surface area (Å²) in [5.74, 6) is -0.254. The molecule has 0 aliphatic rings. The van der Waals surface area contributed by atoms with Gasteiger partial charge in [0, 0.05) is 11.6 Å². The Morgan fingerprint density at radius 2 is 1.57 bits per heavy atom. The Kier molecular flexibility index (Phi) is 6.01. The fourth-order valence-corrected chi connectivity index (χ4v) is 2.94. The largest absolute Gasteiger partial charge is 0.487 e. The van der Waals surface area contributed by atoms with E-state index >= 15 is 0 Å². The van der Waals surface area contributed by atoms with Crippen LogP contribution in [-0.2, 0) is 0 Å². The number of rotatable bonds is 7. The number of carbonyl (C=O) groups excluding carboxylic acids is 1. The van der Waals surface area contributed by atoms with Gasteiger partial charge in [0.25, 0.3) is 5.91 Å². The summed E-state index contributed by atoms with van der Waals surface area (Å²) in [4.78, 5) is 23.7. The van der Waals surface area contributed by atoms with E-state index in [0.29, 0.717) is 6.61 Å². The average molecular weight is 376 g/mol. The third-order valence-corrected chi connectivity index (χ3v) is 4.26. The molecule has 1 N–H and O–H groups in total. The second-order valence-electron chi connectivity index (χ2n) is 6.10. The SMILES string of the molecule is CCOc1ccc(C(=O)NC(c2ccccc2)c2ccccc2)cc1[N+](=O)[O-]. The molecule has 6 heteroatoms. The maximum absolute atomic E-state index is 12.9. The van der Waals surface area contributed by atoms with Gasteiger partial charge in [0.15, 0.2) is 5.75 Å². The van der Waals surface area contributed by atoms with E-state index in [1.165, 1.54) is 18.2 Å². The van der Waals surface area contributed by atoms with Crippen LogP contribution >= 0.6 is 0 Å². The molecular formula is C22H20N2O4. The Labute approximate surface area is 162 Å². The van der Waals surface area contributed by atoms with Crippen molar-refractivity contribution in [2.75, 3.05) is 6.61 Å². The molecular weight excluding hydrogens is 356 g/mol. The minimum Gasteiger partial charge on any atom is -0.487 e. The number of nitro benzene ring substituents is 1. The first-order valence-electron chi connectivity index (χ1n) is 8.92. The first kappa shape index (κ1) is 19.1. The Morgan fingerprint density at radius 1 is 1.00 bits per heavy atom. The summed E-state index contributed by atoms with van der Waals surface area (Å²) in [5, 5.41) is 14.3. The lowest BCUT2D eigenvalue weighted by atomic mass is 9.98. The maximum Gasteiger partial charge on any atom is 0.311 e. The Balaban J connectivity index is 1.92. The topological polar surface area (TPSA) is 81.5 Å². The van der Waals surface area contributed by atoms with Gasteiger partial charge in [-0.05, 0) is 30.2 Å². The molecule has 3 aromatic rings. The quantitative estimate of drug-likeness (QED) is 0.486. The summed E-state index contributed by atoms with van der Waals surface area (Å²) in [7, 11) is 0. The van der Waals surface area contributed by atoms with E-state index in [1.54, 1.807) is 6.92 Å². The van der Waals surface area contributed by atoms with Crippen molar-refractivity contribution < 1.29 is 14.5 Å². The molecule has 28 heavy (non-hydrogen) atoms. The highest BCUT2D eigenvalue weighted by Crippen LogP contribution is 2.29. The Bertz CT molecular complexity index is 919. The minimum atomic E-state index is -0.548. The summed E-state index contributed by atoms with van der Waals surface area (Å²) in [6, 6.07) is 23.0. The van der Waals surface area contributed by atoms with Crippen molar-refractivity contribution in [1.29, 1.82) is 0 Å². The van der Waals surface area contributed by atoms with Gasteiger partial charge in [-0.2, -0.15) is 0 Å². The van der Waals surface area contributed by atoms with Gasteiger partial charge in [-0.25, -0.2) is 0 Å². The van der Waals surface area contributed by atoms with Gasteiger partial charge in [-0.1, -0.05) is 60.7 Å². The molecule has 0 bridgehead atoms. The van der Waals surface area contributed by atoms with Crippen LogP contribution in [0.5, 0.6) is 5.75 Å². The van der Waals surface area contributed by atoms with E-state index in [4.69, 9.17) is 4.74 Å². The Hall–Kier alpha value is -3.67. The second kappa shape index (κ2) is 8.81. The lowest BCUT2D eigenvalue weighted by Crippen LogP contribution is -2.29. The summed E-state index contributed by atoms with van der Waals surface area (Å²) in [6.07, 6.45) is 0. The van der Waals surface area contributed by atoms with Crippen molar-refractivity contribution in [3.8, 4) is 5.75 Å². The maximum atomic E-state index is 12.9. The number of benzene rings is 3. The van der Waals surface area contributed by atoms with Crippen LogP contribution in [0.1, 0.15) is 34.5 Å². The van der Waals surface area contributed by atoms with E-state index in [9.17, 15) is 14.9 Å². The van der Waals surface area contributed by atoms with Crippen molar-refractivity contribution in [1.82, 2.24) is 5.32 Å². The fraction of sp³-hybridized carbons (Fsp3) is 0.136. The first-order chi connectivity index (χ1) is 13.6. The van der Waals surface area contributed by atoms with E-state index in [-0.39, 0.29) is 23.0 Å². The second-order valence-corrected chi connectivity index (χ2v) is 6.10. The molecule has 0 aromatic heterocycles. The zero-order chi connectivity index (χ0) is 19.9. The van der Waals surface area contributed by atoms with E-state index in [0.717, 1.165) is 11.1 Å². The molecule has 0 spiro atoms. The number of ether oxygens (including phenoxy) is 1. The zero-order valence-corrected chi connectivity index (χ0v) is 15.4. The highest BCUT2D eigenvalue weighted by molar-refractivity contribution is 5.95. The molecule has 0 fully saturated rings. The predicted molar refractivity (Wildman–Crippen MR) is 106 cm³/mol. The summed E-state index contributed by atoms with van der Waals surface area (Å²) < 4.78 is 5.28. The van der Waals surface area contributed by atoms with Gasteiger partial charge in [0.1, 0.15) is 0 Å².